The summed E-state index contributed by atoms with van der Waals surface area (Å²) >= 11 is 0. The van der Waals surface area contributed by atoms with Crippen LogP contribution < -0.4 is 0 Å². The van der Waals surface area contributed by atoms with Crippen molar-refractivity contribution in [3.8, 4) is 0 Å². The lowest BCUT2D eigenvalue weighted by molar-refractivity contribution is 0.147. The Labute approximate surface area is 241 Å². The van der Waals surface area contributed by atoms with Crippen LogP contribution in [-0.2, 0) is 0 Å². The number of aliphatic hydroxyl groups excluding tert-OH is 1. The number of rotatable bonds is 31. The van der Waals surface area contributed by atoms with E-state index in [1.165, 1.54) is 161 Å². The molecule has 1 nitrogen and oxygen atoms in total. The zero-order chi connectivity index (χ0) is 27.6. The van der Waals surface area contributed by atoms with Crippen LogP contribution in [0.15, 0.2) is 36.5 Å². The molecular weight excluding hydrogens is 460 g/mol. The highest BCUT2D eigenvalue weighted by molar-refractivity contribution is 4.92. The molecule has 0 saturated carbocycles. The van der Waals surface area contributed by atoms with Crippen LogP contribution in [0, 0.1) is 0 Å². The molecule has 0 amide bonds. The van der Waals surface area contributed by atoms with Crippen LogP contribution in [0.3, 0.4) is 0 Å². The second kappa shape index (κ2) is 34.2. The third-order valence-corrected chi connectivity index (χ3v) is 7.79. The van der Waals surface area contributed by atoms with Crippen LogP contribution in [0.5, 0.6) is 0 Å². The summed E-state index contributed by atoms with van der Waals surface area (Å²) in [5.41, 5.74) is 0. The minimum absolute atomic E-state index is 0.0578. The lowest BCUT2D eigenvalue weighted by atomic mass is 10.0. The van der Waals surface area contributed by atoms with Gasteiger partial charge >= 0.3 is 0 Å². The minimum atomic E-state index is -0.0578. The van der Waals surface area contributed by atoms with Gasteiger partial charge in [0.2, 0.25) is 0 Å². The van der Waals surface area contributed by atoms with Crippen molar-refractivity contribution < 1.29 is 5.11 Å². The van der Waals surface area contributed by atoms with Crippen molar-refractivity contribution in [2.45, 2.75) is 200 Å². The predicted molar refractivity (Wildman–Crippen MR) is 174 cm³/mol. The Morgan fingerprint density at radius 1 is 0.368 bits per heavy atom. The molecule has 0 aliphatic heterocycles. The van der Waals surface area contributed by atoms with E-state index in [9.17, 15) is 5.11 Å². The highest BCUT2D eigenvalue weighted by Crippen LogP contribution is 2.15. The first-order valence-corrected chi connectivity index (χ1v) is 17.4. The Morgan fingerprint density at radius 2 is 0.658 bits per heavy atom. The zero-order valence-corrected chi connectivity index (χ0v) is 26.3. The monoisotopic (exact) mass is 531 g/mol. The minimum Gasteiger partial charge on any atom is -0.393 e. The Kier molecular flexibility index (Phi) is 33.5. The average Bonchev–Trinajstić information content (AvgIpc) is 2.92. The SMILES string of the molecule is CCCCC/C=C\C/C=C\CCCCCCCCC(O)CCCCCCCC/C=C\CCCCCCCC. The molecule has 0 spiro atoms. The van der Waals surface area contributed by atoms with Crippen molar-refractivity contribution in [1.29, 1.82) is 0 Å². The number of aliphatic hydroxyl groups is 1. The van der Waals surface area contributed by atoms with Crippen molar-refractivity contribution >= 4 is 0 Å². The van der Waals surface area contributed by atoms with Crippen molar-refractivity contribution in [2.24, 2.45) is 0 Å². The molecule has 38 heavy (non-hydrogen) atoms. The summed E-state index contributed by atoms with van der Waals surface area (Å²) in [6.07, 6.45) is 50.5. The molecule has 0 aromatic carbocycles. The van der Waals surface area contributed by atoms with Gasteiger partial charge in [0.15, 0.2) is 0 Å². The second-order valence-corrected chi connectivity index (χ2v) is 11.8. The molecular formula is C37H70O. The van der Waals surface area contributed by atoms with E-state index in [0.717, 1.165) is 19.3 Å². The van der Waals surface area contributed by atoms with Gasteiger partial charge in [0, 0.05) is 0 Å². The summed E-state index contributed by atoms with van der Waals surface area (Å²) in [6, 6.07) is 0. The molecule has 1 N–H and O–H groups in total. The van der Waals surface area contributed by atoms with Gasteiger partial charge in [-0.1, -0.05) is 159 Å². The molecule has 0 aliphatic rings. The lowest BCUT2D eigenvalue weighted by Crippen LogP contribution is -2.05. The Balaban J connectivity index is 3.26. The molecule has 0 aromatic heterocycles. The maximum Gasteiger partial charge on any atom is 0.0540 e. The molecule has 0 aromatic rings. The first-order valence-electron chi connectivity index (χ1n) is 17.4. The van der Waals surface area contributed by atoms with Gasteiger partial charge in [-0.2, -0.15) is 0 Å². The summed E-state index contributed by atoms with van der Waals surface area (Å²) < 4.78 is 0. The van der Waals surface area contributed by atoms with Crippen LogP contribution in [-0.4, -0.2) is 11.2 Å². The van der Waals surface area contributed by atoms with Gasteiger partial charge < -0.3 is 5.11 Å². The van der Waals surface area contributed by atoms with Crippen molar-refractivity contribution in [3.05, 3.63) is 36.5 Å². The fourth-order valence-electron chi connectivity index (χ4n) is 5.14. The van der Waals surface area contributed by atoms with Gasteiger partial charge in [-0.3, -0.25) is 0 Å². The fourth-order valence-corrected chi connectivity index (χ4v) is 5.14. The van der Waals surface area contributed by atoms with E-state index < -0.39 is 0 Å². The van der Waals surface area contributed by atoms with Gasteiger partial charge in [-0.25, -0.2) is 0 Å². The molecule has 224 valence electrons. The molecule has 0 aliphatic carbocycles. The summed E-state index contributed by atoms with van der Waals surface area (Å²) in [6.45, 7) is 4.55. The number of hydrogen-bond donors (Lipinski definition) is 1. The predicted octanol–water partition coefficient (Wildman–Crippen LogP) is 13.0. The largest absolute Gasteiger partial charge is 0.393 e. The van der Waals surface area contributed by atoms with Gasteiger partial charge in [0.25, 0.3) is 0 Å². The molecule has 0 bridgehead atoms. The van der Waals surface area contributed by atoms with Gasteiger partial charge in [0.1, 0.15) is 0 Å². The smallest absolute Gasteiger partial charge is 0.0540 e. The quantitative estimate of drug-likeness (QED) is 0.0698. The molecule has 0 heterocycles. The molecule has 1 atom stereocenters. The molecule has 0 rings (SSSR count). The van der Waals surface area contributed by atoms with E-state index in [4.69, 9.17) is 0 Å². The first-order chi connectivity index (χ1) is 18.8. The molecule has 0 fully saturated rings. The van der Waals surface area contributed by atoms with E-state index in [0.29, 0.717) is 0 Å². The number of allylic oxidation sites excluding steroid dienone is 6. The van der Waals surface area contributed by atoms with E-state index in [-0.39, 0.29) is 6.10 Å². The standard InChI is InChI=1S/C37H70O/c1-3-5-7-9-11-13-15-17-19-21-23-25-27-29-31-33-35-37(38)36-34-32-30-28-26-24-22-20-18-16-14-12-10-8-6-4-2/h11,13,17-20,37-38H,3-10,12,14-16,21-36H2,1-2H3/b13-11-,19-17-,20-18-. The number of hydrogen-bond acceptors (Lipinski definition) is 1. The van der Waals surface area contributed by atoms with Crippen LogP contribution in [0.1, 0.15) is 194 Å². The van der Waals surface area contributed by atoms with Crippen molar-refractivity contribution in [2.75, 3.05) is 0 Å². The Hall–Kier alpha value is -0.820. The van der Waals surface area contributed by atoms with Crippen LogP contribution in [0.2, 0.25) is 0 Å². The third kappa shape index (κ3) is 33.2. The number of unbranched alkanes of at least 4 members (excludes halogenated alkanes) is 21. The highest BCUT2D eigenvalue weighted by Gasteiger charge is 2.03. The fraction of sp³-hybridized carbons (Fsp3) is 0.838. The molecule has 1 heteroatoms. The maximum atomic E-state index is 10.3. The van der Waals surface area contributed by atoms with Gasteiger partial charge in [-0.05, 0) is 70.6 Å². The average molecular weight is 531 g/mol. The van der Waals surface area contributed by atoms with Gasteiger partial charge in [0.05, 0.1) is 6.10 Å². The van der Waals surface area contributed by atoms with Crippen LogP contribution >= 0.6 is 0 Å². The zero-order valence-electron chi connectivity index (χ0n) is 26.3. The van der Waals surface area contributed by atoms with Crippen molar-refractivity contribution in [3.63, 3.8) is 0 Å². The Bertz CT molecular complexity index is 503. The normalized spacial score (nSPS) is 13.0. The highest BCUT2D eigenvalue weighted by atomic mass is 16.3. The van der Waals surface area contributed by atoms with E-state index >= 15 is 0 Å². The third-order valence-electron chi connectivity index (χ3n) is 7.79. The molecule has 0 radical (unpaired) electrons. The lowest BCUT2D eigenvalue weighted by Gasteiger charge is -2.10. The summed E-state index contributed by atoms with van der Waals surface area (Å²) in [5.74, 6) is 0. The van der Waals surface area contributed by atoms with Gasteiger partial charge in [-0.15, -0.1) is 0 Å². The maximum absolute atomic E-state index is 10.3. The summed E-state index contributed by atoms with van der Waals surface area (Å²) in [4.78, 5) is 0. The second-order valence-electron chi connectivity index (χ2n) is 11.8. The molecule has 1 unspecified atom stereocenters. The van der Waals surface area contributed by atoms with E-state index in [2.05, 4.69) is 50.3 Å². The van der Waals surface area contributed by atoms with E-state index in [1.54, 1.807) is 0 Å². The molecule has 0 saturated heterocycles. The summed E-state index contributed by atoms with van der Waals surface area (Å²) in [7, 11) is 0. The summed E-state index contributed by atoms with van der Waals surface area (Å²) in [5, 5.41) is 10.3. The van der Waals surface area contributed by atoms with Crippen LogP contribution in [0.25, 0.3) is 0 Å². The van der Waals surface area contributed by atoms with Crippen LogP contribution in [0.4, 0.5) is 0 Å². The Morgan fingerprint density at radius 3 is 1.08 bits per heavy atom. The first kappa shape index (κ1) is 37.2. The van der Waals surface area contributed by atoms with Crippen molar-refractivity contribution in [1.82, 2.24) is 0 Å². The van der Waals surface area contributed by atoms with E-state index in [1.807, 2.05) is 0 Å². The topological polar surface area (TPSA) is 20.2 Å².